The molecular weight excluding hydrogens is 273 g/mol. The number of nitrogens with zero attached hydrogens (tertiary/aromatic N) is 2. The number of ether oxygens (including phenoxy) is 1. The van der Waals surface area contributed by atoms with Gasteiger partial charge < -0.3 is 15.8 Å². The van der Waals surface area contributed by atoms with E-state index in [1.807, 2.05) is 0 Å². The van der Waals surface area contributed by atoms with E-state index in [0.29, 0.717) is 0 Å². The standard InChI is InChI=1S/C9H12ClF3N4O/c1-5(2-18-3-9(11,12)13)17-8-6(10)7(14)15-4-16-8/h4-5H,2-3H2,1H3,(H3,14,15,16,17)/t5-/m0/s1. The highest BCUT2D eigenvalue weighted by Crippen LogP contribution is 2.23. The predicted molar refractivity (Wildman–Crippen MR) is 61.4 cm³/mol. The second-order valence-electron chi connectivity index (χ2n) is 3.60. The lowest BCUT2D eigenvalue weighted by atomic mass is 10.3. The monoisotopic (exact) mass is 284 g/mol. The zero-order valence-electron chi connectivity index (χ0n) is 9.46. The van der Waals surface area contributed by atoms with Crippen LogP contribution in [0.2, 0.25) is 5.02 Å². The van der Waals surface area contributed by atoms with E-state index in [2.05, 4.69) is 20.0 Å². The molecule has 0 radical (unpaired) electrons. The van der Waals surface area contributed by atoms with Crippen molar-refractivity contribution >= 4 is 23.2 Å². The van der Waals surface area contributed by atoms with Gasteiger partial charge in [-0.3, -0.25) is 0 Å². The van der Waals surface area contributed by atoms with Crippen molar-refractivity contribution in [2.75, 3.05) is 24.3 Å². The van der Waals surface area contributed by atoms with Crippen LogP contribution in [0.5, 0.6) is 0 Å². The summed E-state index contributed by atoms with van der Waals surface area (Å²) in [6, 6.07) is -0.404. The fourth-order valence-corrected chi connectivity index (χ4v) is 1.26. The van der Waals surface area contributed by atoms with E-state index < -0.39 is 18.8 Å². The molecule has 0 fully saturated rings. The molecule has 1 aromatic heterocycles. The number of nitrogen functional groups attached to an aromatic ring is 1. The smallest absolute Gasteiger partial charge is 0.382 e. The zero-order valence-corrected chi connectivity index (χ0v) is 10.2. The van der Waals surface area contributed by atoms with Crippen LogP contribution in [0.1, 0.15) is 6.92 Å². The van der Waals surface area contributed by atoms with Crippen LogP contribution in [0.15, 0.2) is 6.33 Å². The van der Waals surface area contributed by atoms with E-state index in [1.165, 1.54) is 6.33 Å². The summed E-state index contributed by atoms with van der Waals surface area (Å²) in [6.45, 7) is 0.198. The SMILES string of the molecule is C[C@@H](COCC(F)(F)F)Nc1ncnc(N)c1Cl. The second kappa shape index (κ2) is 6.05. The minimum Gasteiger partial charge on any atom is -0.382 e. The van der Waals surface area contributed by atoms with Gasteiger partial charge in [-0.2, -0.15) is 13.2 Å². The molecule has 0 saturated carbocycles. The number of nitrogens with one attached hydrogen (secondary N) is 1. The molecule has 9 heteroatoms. The minimum atomic E-state index is -4.34. The number of nitrogens with two attached hydrogens (primary N) is 1. The van der Waals surface area contributed by atoms with Crippen LogP contribution in [0.25, 0.3) is 0 Å². The number of rotatable bonds is 5. The van der Waals surface area contributed by atoms with Crippen LogP contribution in [0, 0.1) is 0 Å². The number of aromatic nitrogens is 2. The summed E-state index contributed by atoms with van der Waals surface area (Å²) < 4.78 is 40.0. The third-order valence-electron chi connectivity index (χ3n) is 1.83. The minimum absolute atomic E-state index is 0.0950. The third kappa shape index (κ3) is 4.92. The molecular formula is C9H12ClF3N4O. The fraction of sp³-hybridized carbons (Fsp3) is 0.556. The Morgan fingerprint density at radius 2 is 2.17 bits per heavy atom. The van der Waals surface area contributed by atoms with E-state index in [0.717, 1.165) is 0 Å². The molecule has 1 aromatic rings. The second-order valence-corrected chi connectivity index (χ2v) is 3.98. The first-order valence-corrected chi connectivity index (χ1v) is 5.34. The van der Waals surface area contributed by atoms with E-state index in [-0.39, 0.29) is 23.3 Å². The lowest BCUT2D eigenvalue weighted by molar-refractivity contribution is -0.174. The molecule has 0 saturated heterocycles. The van der Waals surface area contributed by atoms with Gasteiger partial charge in [0.25, 0.3) is 0 Å². The molecule has 18 heavy (non-hydrogen) atoms. The predicted octanol–water partition coefficient (Wildman–Crippen LogP) is 2.09. The summed E-state index contributed by atoms with van der Waals surface area (Å²) in [4.78, 5) is 7.48. The van der Waals surface area contributed by atoms with Crippen molar-refractivity contribution < 1.29 is 17.9 Å². The van der Waals surface area contributed by atoms with Crippen LogP contribution in [0.3, 0.4) is 0 Å². The molecule has 0 aliphatic heterocycles. The summed E-state index contributed by atoms with van der Waals surface area (Å²) in [7, 11) is 0. The molecule has 102 valence electrons. The quantitative estimate of drug-likeness (QED) is 0.866. The molecule has 0 aliphatic rings. The average molecular weight is 285 g/mol. The number of hydrogen-bond donors (Lipinski definition) is 2. The van der Waals surface area contributed by atoms with Crippen molar-refractivity contribution in [2.45, 2.75) is 19.1 Å². The Kier molecular flexibility index (Phi) is 4.97. The zero-order chi connectivity index (χ0) is 13.8. The van der Waals surface area contributed by atoms with Crippen LogP contribution < -0.4 is 11.1 Å². The van der Waals surface area contributed by atoms with Crippen molar-refractivity contribution in [3.63, 3.8) is 0 Å². The average Bonchev–Trinajstić information content (AvgIpc) is 2.23. The fourth-order valence-electron chi connectivity index (χ4n) is 1.11. The maximum atomic E-state index is 11.8. The van der Waals surface area contributed by atoms with Crippen molar-refractivity contribution in [1.29, 1.82) is 0 Å². The molecule has 1 atom stereocenters. The highest BCUT2D eigenvalue weighted by atomic mass is 35.5. The van der Waals surface area contributed by atoms with Crippen LogP contribution >= 0.6 is 11.6 Å². The molecule has 3 N–H and O–H groups in total. The van der Waals surface area contributed by atoms with Gasteiger partial charge in [0.1, 0.15) is 23.8 Å². The largest absolute Gasteiger partial charge is 0.411 e. The lowest BCUT2D eigenvalue weighted by Gasteiger charge is -2.16. The number of hydrogen-bond acceptors (Lipinski definition) is 5. The summed E-state index contributed by atoms with van der Waals surface area (Å²) in [5.74, 6) is 0.352. The van der Waals surface area contributed by atoms with Gasteiger partial charge in [-0.25, -0.2) is 9.97 Å². The highest BCUT2D eigenvalue weighted by Gasteiger charge is 2.27. The molecule has 0 aliphatic carbocycles. The summed E-state index contributed by atoms with van der Waals surface area (Å²) in [6.07, 6.45) is -3.14. The van der Waals surface area contributed by atoms with Gasteiger partial charge in [0, 0.05) is 6.04 Å². The molecule has 1 heterocycles. The molecule has 0 spiro atoms. The van der Waals surface area contributed by atoms with Crippen molar-refractivity contribution in [2.24, 2.45) is 0 Å². The number of anilines is 2. The molecule has 0 bridgehead atoms. The molecule has 0 amide bonds. The third-order valence-corrected chi connectivity index (χ3v) is 2.21. The highest BCUT2D eigenvalue weighted by molar-refractivity contribution is 6.35. The Bertz CT molecular complexity index is 402. The molecule has 5 nitrogen and oxygen atoms in total. The molecule has 0 aromatic carbocycles. The normalized spacial score (nSPS) is 13.4. The number of alkyl halides is 3. The topological polar surface area (TPSA) is 73.1 Å². The Morgan fingerprint density at radius 1 is 1.50 bits per heavy atom. The Hall–Kier alpha value is -1.28. The Labute approximate surface area is 106 Å². The van der Waals surface area contributed by atoms with E-state index in [1.54, 1.807) is 6.92 Å². The summed E-state index contributed by atoms with van der Waals surface area (Å²) in [5, 5.41) is 2.91. The first-order valence-electron chi connectivity index (χ1n) is 4.96. The lowest BCUT2D eigenvalue weighted by Crippen LogP contribution is -2.26. The summed E-state index contributed by atoms with van der Waals surface area (Å²) >= 11 is 5.81. The Balaban J connectivity index is 2.45. The van der Waals surface area contributed by atoms with Gasteiger partial charge in [0.2, 0.25) is 0 Å². The van der Waals surface area contributed by atoms with Gasteiger partial charge in [-0.1, -0.05) is 11.6 Å². The number of halogens is 4. The van der Waals surface area contributed by atoms with Crippen molar-refractivity contribution in [3.8, 4) is 0 Å². The van der Waals surface area contributed by atoms with Crippen LogP contribution in [-0.4, -0.2) is 35.4 Å². The van der Waals surface area contributed by atoms with E-state index >= 15 is 0 Å². The van der Waals surface area contributed by atoms with Gasteiger partial charge >= 0.3 is 6.18 Å². The van der Waals surface area contributed by atoms with Gasteiger partial charge in [-0.15, -0.1) is 0 Å². The van der Waals surface area contributed by atoms with E-state index in [4.69, 9.17) is 17.3 Å². The van der Waals surface area contributed by atoms with Crippen LogP contribution in [-0.2, 0) is 4.74 Å². The van der Waals surface area contributed by atoms with Gasteiger partial charge in [-0.05, 0) is 6.92 Å². The van der Waals surface area contributed by atoms with Crippen molar-refractivity contribution in [1.82, 2.24) is 9.97 Å². The van der Waals surface area contributed by atoms with Crippen molar-refractivity contribution in [3.05, 3.63) is 11.3 Å². The van der Waals surface area contributed by atoms with Crippen LogP contribution in [0.4, 0.5) is 24.8 Å². The molecule has 0 unspecified atom stereocenters. The first kappa shape index (κ1) is 14.8. The Morgan fingerprint density at radius 3 is 2.78 bits per heavy atom. The van der Waals surface area contributed by atoms with E-state index in [9.17, 15) is 13.2 Å². The summed E-state index contributed by atoms with van der Waals surface area (Å²) in [5.41, 5.74) is 5.45. The molecule has 1 rings (SSSR count). The van der Waals surface area contributed by atoms with Gasteiger partial charge in [0.15, 0.2) is 5.82 Å². The maximum absolute atomic E-state index is 11.8. The van der Waals surface area contributed by atoms with Gasteiger partial charge in [0.05, 0.1) is 6.61 Å². The first-order chi connectivity index (χ1) is 8.29. The maximum Gasteiger partial charge on any atom is 0.411 e.